The summed E-state index contributed by atoms with van der Waals surface area (Å²) in [6.45, 7) is 4.84. The molecule has 0 unspecified atom stereocenters. The largest absolute Gasteiger partial charge is 0.431 e. The number of cyclic esters (lactones) is 1. The number of hydrogen-bond donors (Lipinski definition) is 1. The Morgan fingerprint density at radius 3 is 2.24 bits per heavy atom. The van der Waals surface area contributed by atoms with Crippen LogP contribution in [0.15, 0.2) is 30.3 Å². The van der Waals surface area contributed by atoms with Gasteiger partial charge in [-0.05, 0) is 12.5 Å². The lowest BCUT2D eigenvalue weighted by atomic mass is 9.93. The van der Waals surface area contributed by atoms with Gasteiger partial charge < -0.3 is 14.6 Å². The van der Waals surface area contributed by atoms with E-state index in [1.807, 2.05) is 6.07 Å². The highest BCUT2D eigenvalue weighted by molar-refractivity contribution is 5.82. The van der Waals surface area contributed by atoms with Crippen LogP contribution in [0.5, 0.6) is 0 Å². The fraction of sp³-hybridized carbons (Fsp3) is 0.462. The Bertz CT molecular complexity index is 426. The van der Waals surface area contributed by atoms with Crippen LogP contribution in [0, 0.1) is 0 Å². The molecule has 1 N–H and O–H groups in total. The van der Waals surface area contributed by atoms with Crippen molar-refractivity contribution in [3.63, 3.8) is 0 Å². The molecule has 92 valence electrons. The van der Waals surface area contributed by atoms with Gasteiger partial charge in [-0.25, -0.2) is 4.79 Å². The number of benzene rings is 1. The van der Waals surface area contributed by atoms with E-state index in [2.05, 4.69) is 0 Å². The molecule has 1 heterocycles. The summed E-state index contributed by atoms with van der Waals surface area (Å²) in [4.78, 5) is 11.8. The third kappa shape index (κ3) is 2.06. The first-order valence-corrected chi connectivity index (χ1v) is 5.52. The Hall–Kier alpha value is -1.39. The minimum atomic E-state index is -1.36. The zero-order valence-electron chi connectivity index (χ0n) is 10.1. The second kappa shape index (κ2) is 3.82. The molecule has 0 amide bonds. The topological polar surface area (TPSA) is 55.8 Å². The molecule has 1 saturated heterocycles. The first kappa shape index (κ1) is 12.1. The number of aliphatic hydroxyl groups excluding tert-OH is 1. The van der Waals surface area contributed by atoms with Gasteiger partial charge in [-0.3, -0.25) is 0 Å². The van der Waals surface area contributed by atoms with Crippen molar-refractivity contribution in [3.8, 4) is 0 Å². The van der Waals surface area contributed by atoms with E-state index < -0.39 is 23.5 Å². The van der Waals surface area contributed by atoms with Gasteiger partial charge in [0.15, 0.2) is 5.60 Å². The summed E-state index contributed by atoms with van der Waals surface area (Å²) in [5.41, 5.74) is -0.727. The number of hydrogen-bond acceptors (Lipinski definition) is 4. The van der Waals surface area contributed by atoms with E-state index in [4.69, 9.17) is 9.47 Å². The molecule has 0 radical (unpaired) electrons. The van der Waals surface area contributed by atoms with Crippen LogP contribution in [-0.4, -0.2) is 22.5 Å². The highest BCUT2D eigenvalue weighted by atomic mass is 16.8. The van der Waals surface area contributed by atoms with Gasteiger partial charge in [0.25, 0.3) is 0 Å². The molecule has 0 saturated carbocycles. The number of ether oxygens (including phenoxy) is 2. The third-order valence-electron chi connectivity index (χ3n) is 2.84. The van der Waals surface area contributed by atoms with Gasteiger partial charge in [-0.2, -0.15) is 0 Å². The van der Waals surface area contributed by atoms with Gasteiger partial charge in [-0.15, -0.1) is 0 Å². The third-order valence-corrected chi connectivity index (χ3v) is 2.84. The molecule has 1 aliphatic heterocycles. The summed E-state index contributed by atoms with van der Waals surface area (Å²) in [7, 11) is 0. The lowest BCUT2D eigenvalue weighted by molar-refractivity contribution is -0.180. The Morgan fingerprint density at radius 2 is 1.76 bits per heavy atom. The minimum Gasteiger partial charge on any atom is -0.431 e. The highest BCUT2D eigenvalue weighted by Crippen LogP contribution is 2.40. The van der Waals surface area contributed by atoms with Crippen LogP contribution in [0.2, 0.25) is 0 Å². The molecule has 4 heteroatoms. The van der Waals surface area contributed by atoms with Gasteiger partial charge in [-0.1, -0.05) is 30.3 Å². The van der Waals surface area contributed by atoms with E-state index >= 15 is 0 Å². The van der Waals surface area contributed by atoms with Crippen molar-refractivity contribution < 1.29 is 19.4 Å². The minimum absolute atomic E-state index is 0.543. The molecule has 0 bridgehead atoms. The Balaban J connectivity index is 2.31. The first-order chi connectivity index (χ1) is 7.85. The Kier molecular flexibility index (Phi) is 2.72. The van der Waals surface area contributed by atoms with Crippen LogP contribution in [0.1, 0.15) is 32.4 Å². The van der Waals surface area contributed by atoms with Crippen molar-refractivity contribution in [2.24, 2.45) is 0 Å². The summed E-state index contributed by atoms with van der Waals surface area (Å²) in [5, 5.41) is 10.3. The fourth-order valence-electron chi connectivity index (χ4n) is 2.02. The summed E-state index contributed by atoms with van der Waals surface area (Å²) in [6.07, 6.45) is -1.04. The first-order valence-electron chi connectivity index (χ1n) is 5.52. The van der Waals surface area contributed by atoms with Crippen molar-refractivity contribution in [2.45, 2.75) is 38.3 Å². The smallest absolute Gasteiger partial charge is 0.343 e. The average Bonchev–Trinajstić information content (AvgIpc) is 2.48. The monoisotopic (exact) mass is 236 g/mol. The molecular formula is C13H16O4. The number of carbonyl (C=O) groups excluding carboxylic acids is 1. The van der Waals surface area contributed by atoms with Crippen LogP contribution >= 0.6 is 0 Å². The van der Waals surface area contributed by atoms with E-state index in [9.17, 15) is 9.90 Å². The van der Waals surface area contributed by atoms with Crippen molar-refractivity contribution in [3.05, 3.63) is 35.9 Å². The van der Waals surface area contributed by atoms with Gasteiger partial charge >= 0.3 is 5.97 Å². The SMILES string of the molecule is CC1(C)OC(=O)[C@@](C)([C@H](O)c2ccccc2)O1. The number of rotatable bonds is 2. The van der Waals surface area contributed by atoms with Crippen LogP contribution < -0.4 is 0 Å². The van der Waals surface area contributed by atoms with Crippen LogP contribution in [0.3, 0.4) is 0 Å². The van der Waals surface area contributed by atoms with Crippen LogP contribution in [0.25, 0.3) is 0 Å². The number of aliphatic hydroxyl groups is 1. The lowest BCUT2D eigenvalue weighted by Crippen LogP contribution is -2.40. The Labute approximate surface area is 100 Å². The molecule has 2 rings (SSSR count). The molecular weight excluding hydrogens is 220 g/mol. The lowest BCUT2D eigenvalue weighted by Gasteiger charge is -2.27. The predicted octanol–water partition coefficient (Wildman–Crippen LogP) is 1.79. The standard InChI is InChI=1S/C13H16O4/c1-12(2)16-11(15)13(3,17-12)10(14)9-7-5-4-6-8-9/h4-8,10,14H,1-3H3/t10-,13-/m1/s1. The molecule has 0 aromatic heterocycles. The second-order valence-electron chi connectivity index (χ2n) is 4.81. The molecule has 1 fully saturated rings. The molecule has 1 aromatic rings. The fourth-order valence-corrected chi connectivity index (χ4v) is 2.02. The number of carbonyl (C=O) groups is 1. The molecule has 1 aromatic carbocycles. The predicted molar refractivity (Wildman–Crippen MR) is 61.1 cm³/mol. The maximum Gasteiger partial charge on any atom is 0.343 e. The molecule has 17 heavy (non-hydrogen) atoms. The number of esters is 1. The normalized spacial score (nSPS) is 28.8. The van der Waals surface area contributed by atoms with Crippen molar-refractivity contribution in [2.75, 3.05) is 0 Å². The van der Waals surface area contributed by atoms with Crippen molar-refractivity contribution >= 4 is 5.97 Å². The molecule has 4 nitrogen and oxygen atoms in total. The van der Waals surface area contributed by atoms with E-state index in [1.165, 1.54) is 0 Å². The van der Waals surface area contributed by atoms with Gasteiger partial charge in [0.05, 0.1) is 0 Å². The molecule has 1 aliphatic rings. The zero-order valence-corrected chi connectivity index (χ0v) is 10.1. The second-order valence-corrected chi connectivity index (χ2v) is 4.81. The molecule has 0 spiro atoms. The van der Waals surface area contributed by atoms with Crippen molar-refractivity contribution in [1.29, 1.82) is 0 Å². The van der Waals surface area contributed by atoms with E-state index in [1.54, 1.807) is 45.0 Å². The van der Waals surface area contributed by atoms with Gasteiger partial charge in [0.2, 0.25) is 5.79 Å². The summed E-state index contributed by atoms with van der Waals surface area (Å²) < 4.78 is 10.6. The van der Waals surface area contributed by atoms with Gasteiger partial charge in [0.1, 0.15) is 6.10 Å². The van der Waals surface area contributed by atoms with Gasteiger partial charge in [0, 0.05) is 13.8 Å². The maximum absolute atomic E-state index is 11.8. The quantitative estimate of drug-likeness (QED) is 0.795. The Morgan fingerprint density at radius 1 is 1.18 bits per heavy atom. The zero-order chi connectivity index (χ0) is 12.7. The van der Waals surface area contributed by atoms with E-state index in [0.717, 1.165) is 0 Å². The van der Waals surface area contributed by atoms with E-state index in [-0.39, 0.29) is 0 Å². The van der Waals surface area contributed by atoms with Crippen LogP contribution in [-0.2, 0) is 14.3 Å². The maximum atomic E-state index is 11.8. The average molecular weight is 236 g/mol. The molecule has 0 aliphatic carbocycles. The summed E-state index contributed by atoms with van der Waals surface area (Å²) in [5.74, 6) is -1.54. The molecule has 2 atom stereocenters. The summed E-state index contributed by atoms with van der Waals surface area (Å²) in [6, 6.07) is 8.94. The van der Waals surface area contributed by atoms with E-state index in [0.29, 0.717) is 5.56 Å². The van der Waals surface area contributed by atoms with Crippen molar-refractivity contribution in [1.82, 2.24) is 0 Å². The summed E-state index contributed by atoms with van der Waals surface area (Å²) >= 11 is 0. The highest BCUT2D eigenvalue weighted by Gasteiger charge is 2.55. The van der Waals surface area contributed by atoms with Crippen LogP contribution in [0.4, 0.5) is 0 Å².